The summed E-state index contributed by atoms with van der Waals surface area (Å²) in [5, 5.41) is 0. The number of rotatable bonds is 7. The molecule has 0 aliphatic rings. The van der Waals surface area contributed by atoms with E-state index in [4.69, 9.17) is 12.5 Å². The van der Waals surface area contributed by atoms with Gasteiger partial charge in [-0.2, -0.15) is 0 Å². The Bertz CT molecular complexity index is 626. The van der Waals surface area contributed by atoms with E-state index in [1.54, 1.807) is 7.11 Å². The molecule has 0 heterocycles. The van der Waals surface area contributed by atoms with Crippen molar-refractivity contribution in [3.05, 3.63) is 53.1 Å². The van der Waals surface area contributed by atoms with Crippen molar-refractivity contribution in [1.82, 2.24) is 0 Å². The van der Waals surface area contributed by atoms with Crippen LogP contribution in [-0.4, -0.2) is 7.11 Å². The molecule has 0 radical (unpaired) electrons. The number of hydrogen-bond acceptors (Lipinski definition) is 3. The normalized spacial score (nSPS) is 10.5. The zero-order chi connectivity index (χ0) is 15.9. The molecule has 0 saturated heterocycles. The Morgan fingerprint density at radius 3 is 2.64 bits per heavy atom. The summed E-state index contributed by atoms with van der Waals surface area (Å²) in [7, 11) is 1.67. The molecule has 0 aliphatic carbocycles. The molecule has 0 spiro atoms. The van der Waals surface area contributed by atoms with Crippen LogP contribution in [-0.2, 0) is 16.1 Å². The highest BCUT2D eigenvalue weighted by atomic mass is 127. The van der Waals surface area contributed by atoms with E-state index in [0.717, 1.165) is 41.2 Å². The first-order valence-electron chi connectivity index (χ1n) is 7.36. The number of ether oxygens (including phenoxy) is 2. The summed E-state index contributed by atoms with van der Waals surface area (Å²) in [6.07, 6.45) is 2.14. The van der Waals surface area contributed by atoms with Crippen LogP contribution in [0, 0.1) is 6.92 Å². The van der Waals surface area contributed by atoms with Crippen LogP contribution < -0.4 is 9.47 Å². The Morgan fingerprint density at radius 2 is 1.95 bits per heavy atom. The standard InChI is InChI=1S/C18H21IO3/c1-4-6-15-9-10-17(20-3)18(13(15)2)22-16-8-5-7-14(11-16)12-21-19/h5,7-11H,4,6,12H2,1-3H3. The van der Waals surface area contributed by atoms with Crippen LogP contribution in [0.5, 0.6) is 17.2 Å². The monoisotopic (exact) mass is 412 g/mol. The van der Waals surface area contributed by atoms with E-state index in [9.17, 15) is 0 Å². The fraction of sp³-hybridized carbons (Fsp3) is 0.333. The van der Waals surface area contributed by atoms with E-state index in [2.05, 4.69) is 19.9 Å². The predicted molar refractivity (Wildman–Crippen MR) is 97.1 cm³/mol. The maximum absolute atomic E-state index is 6.12. The van der Waals surface area contributed by atoms with Gasteiger partial charge < -0.3 is 12.5 Å². The Kier molecular flexibility index (Phi) is 6.51. The minimum Gasteiger partial charge on any atom is -0.493 e. The lowest BCUT2D eigenvalue weighted by atomic mass is 10.0. The number of hydrogen-bond donors (Lipinski definition) is 0. The summed E-state index contributed by atoms with van der Waals surface area (Å²) >= 11 is 1.90. The van der Waals surface area contributed by atoms with Gasteiger partial charge in [-0.15, -0.1) is 0 Å². The van der Waals surface area contributed by atoms with Gasteiger partial charge in [-0.1, -0.05) is 31.5 Å². The summed E-state index contributed by atoms with van der Waals surface area (Å²) in [5.74, 6) is 2.34. The Hall–Kier alpha value is -1.27. The molecule has 22 heavy (non-hydrogen) atoms. The van der Waals surface area contributed by atoms with Gasteiger partial charge >= 0.3 is 0 Å². The van der Waals surface area contributed by atoms with Crippen molar-refractivity contribution in [2.45, 2.75) is 33.3 Å². The van der Waals surface area contributed by atoms with Gasteiger partial charge in [-0.3, -0.25) is 0 Å². The molecule has 0 amide bonds. The lowest BCUT2D eigenvalue weighted by Gasteiger charge is -2.16. The second-order valence-corrected chi connectivity index (χ2v) is 5.76. The fourth-order valence-electron chi connectivity index (χ4n) is 2.41. The average Bonchev–Trinajstić information content (AvgIpc) is 2.52. The summed E-state index contributed by atoms with van der Waals surface area (Å²) in [6, 6.07) is 12.0. The first-order valence-corrected chi connectivity index (χ1v) is 8.24. The van der Waals surface area contributed by atoms with E-state index < -0.39 is 0 Å². The molecule has 0 N–H and O–H groups in total. The first kappa shape index (κ1) is 17.1. The SMILES string of the molecule is CCCc1ccc(OC)c(Oc2cccc(COI)c2)c1C. The van der Waals surface area contributed by atoms with Gasteiger partial charge in [0.1, 0.15) is 28.8 Å². The minimum atomic E-state index is 0.559. The highest BCUT2D eigenvalue weighted by Crippen LogP contribution is 2.37. The van der Waals surface area contributed by atoms with Gasteiger partial charge in [0.2, 0.25) is 0 Å². The minimum absolute atomic E-state index is 0.559. The molecular weight excluding hydrogens is 391 g/mol. The number of halogens is 1. The van der Waals surface area contributed by atoms with Gasteiger partial charge in [0, 0.05) is 0 Å². The summed E-state index contributed by atoms with van der Waals surface area (Å²) in [4.78, 5) is 0. The maximum atomic E-state index is 6.12. The van der Waals surface area contributed by atoms with Crippen LogP contribution >= 0.6 is 23.0 Å². The third-order valence-corrected chi connectivity index (χ3v) is 3.87. The second-order valence-electron chi connectivity index (χ2n) is 5.13. The quantitative estimate of drug-likeness (QED) is 0.553. The summed E-state index contributed by atoms with van der Waals surface area (Å²) in [6.45, 7) is 4.82. The number of benzene rings is 2. The van der Waals surface area contributed by atoms with Crippen molar-refractivity contribution in [1.29, 1.82) is 0 Å². The zero-order valence-electron chi connectivity index (χ0n) is 13.2. The van der Waals surface area contributed by atoms with Crippen LogP contribution in [0.2, 0.25) is 0 Å². The molecule has 4 heteroatoms. The Morgan fingerprint density at radius 1 is 1.14 bits per heavy atom. The van der Waals surface area contributed by atoms with E-state index >= 15 is 0 Å². The van der Waals surface area contributed by atoms with Crippen LogP contribution in [0.3, 0.4) is 0 Å². The zero-order valence-corrected chi connectivity index (χ0v) is 15.3. The van der Waals surface area contributed by atoms with Crippen molar-refractivity contribution in [3.63, 3.8) is 0 Å². The van der Waals surface area contributed by atoms with Crippen LogP contribution in [0.4, 0.5) is 0 Å². The molecule has 0 unspecified atom stereocenters. The molecule has 2 rings (SSSR count). The molecule has 0 saturated carbocycles. The van der Waals surface area contributed by atoms with Gasteiger partial charge in [-0.25, -0.2) is 0 Å². The molecule has 0 aromatic heterocycles. The van der Waals surface area contributed by atoms with E-state index in [1.807, 2.05) is 53.3 Å². The number of methoxy groups -OCH3 is 1. The summed E-state index contributed by atoms with van der Waals surface area (Å²) in [5.41, 5.74) is 3.51. The Balaban J connectivity index is 2.34. The summed E-state index contributed by atoms with van der Waals surface area (Å²) < 4.78 is 16.7. The fourth-order valence-corrected chi connectivity index (χ4v) is 2.77. The van der Waals surface area contributed by atoms with E-state index in [1.165, 1.54) is 5.56 Å². The van der Waals surface area contributed by atoms with Crippen molar-refractivity contribution < 1.29 is 12.5 Å². The third-order valence-electron chi connectivity index (χ3n) is 3.56. The highest BCUT2D eigenvalue weighted by Gasteiger charge is 2.13. The molecular formula is C18H21IO3. The third kappa shape index (κ3) is 4.14. The largest absolute Gasteiger partial charge is 0.493 e. The average molecular weight is 412 g/mol. The van der Waals surface area contributed by atoms with E-state index in [0.29, 0.717) is 6.61 Å². The molecule has 2 aromatic rings. The molecule has 0 atom stereocenters. The predicted octanol–water partition coefficient (Wildman–Crippen LogP) is 5.62. The van der Waals surface area contributed by atoms with Crippen molar-refractivity contribution in [3.8, 4) is 17.2 Å². The maximum Gasteiger partial charge on any atom is 0.172 e. The van der Waals surface area contributed by atoms with Crippen molar-refractivity contribution in [2.75, 3.05) is 7.11 Å². The van der Waals surface area contributed by atoms with Crippen LogP contribution in [0.15, 0.2) is 36.4 Å². The van der Waals surface area contributed by atoms with E-state index in [-0.39, 0.29) is 0 Å². The lowest BCUT2D eigenvalue weighted by Crippen LogP contribution is -1.98. The first-order chi connectivity index (χ1) is 10.7. The second kappa shape index (κ2) is 8.39. The topological polar surface area (TPSA) is 27.7 Å². The smallest absolute Gasteiger partial charge is 0.172 e. The van der Waals surface area contributed by atoms with Gasteiger partial charge in [-0.05, 0) is 48.2 Å². The van der Waals surface area contributed by atoms with Crippen LogP contribution in [0.25, 0.3) is 0 Å². The van der Waals surface area contributed by atoms with Crippen molar-refractivity contribution in [2.24, 2.45) is 0 Å². The van der Waals surface area contributed by atoms with Gasteiger partial charge in [0.25, 0.3) is 0 Å². The highest BCUT2D eigenvalue weighted by molar-refractivity contribution is 14.1. The molecule has 118 valence electrons. The van der Waals surface area contributed by atoms with Crippen LogP contribution in [0.1, 0.15) is 30.0 Å². The van der Waals surface area contributed by atoms with Crippen molar-refractivity contribution >= 4 is 23.0 Å². The lowest BCUT2D eigenvalue weighted by molar-refractivity contribution is 0.375. The molecule has 3 nitrogen and oxygen atoms in total. The Labute approximate surface area is 146 Å². The molecule has 0 bridgehead atoms. The number of aryl methyl sites for hydroxylation is 1. The molecule has 0 fully saturated rings. The molecule has 2 aromatic carbocycles. The molecule has 0 aliphatic heterocycles. The van der Waals surface area contributed by atoms with Gasteiger partial charge in [0.15, 0.2) is 11.5 Å². The van der Waals surface area contributed by atoms with Gasteiger partial charge in [0.05, 0.1) is 13.7 Å².